The highest BCUT2D eigenvalue weighted by Crippen LogP contribution is 2.80. The largest absolute Gasteiger partial charge is 0.392 e. The minimum atomic E-state index is -1.63. The van der Waals surface area contributed by atoms with E-state index < -0.39 is 46.9 Å². The fourth-order valence-corrected chi connectivity index (χ4v) is 10.7. The van der Waals surface area contributed by atoms with Crippen LogP contribution in [0.25, 0.3) is 0 Å². The molecule has 182 valence electrons. The lowest BCUT2D eigenvalue weighted by atomic mass is 9.42. The SMILES string of the molecule is CCN1C[C@]2(COC)CC[C@H](O)[C@@]34[C@@H]5C[C@H]6[C@H](O)[C@@H]5[C@](O)(C[C@@H]6OC)[C@](O)([C@@H](OC)[C@H]23)[C@@H]14. The van der Waals surface area contributed by atoms with E-state index in [0.29, 0.717) is 26.0 Å². The number of hydrogen-bond donors (Lipinski definition) is 4. The Kier molecular flexibility index (Phi) is 4.62. The number of nitrogens with zero attached hydrogens (tertiary/aromatic N) is 1. The lowest BCUT2D eigenvalue weighted by Crippen LogP contribution is -2.81. The molecule has 8 heteroatoms. The van der Waals surface area contributed by atoms with Gasteiger partial charge in [-0.1, -0.05) is 6.92 Å². The standard InChI is InChI=1S/C24H39NO7/c1-5-25-10-21(11-30-2)7-6-15(26)23-13-8-12-14(31-3)9-22(28,16(13)17(12)27)24(29,20(23)25)19(32-4)18(21)23/h12-20,26-29H,5-11H2,1-4H3/t12-,13-,14+,15+,16-,17+,18-,19+,20+,21+,22-,23+,24+/m1/s1. The van der Waals surface area contributed by atoms with Gasteiger partial charge in [0.15, 0.2) is 0 Å². The maximum absolute atomic E-state index is 12.8. The Bertz CT molecular complexity index is 798. The van der Waals surface area contributed by atoms with Crippen LogP contribution in [0.15, 0.2) is 0 Å². The molecule has 0 aromatic rings. The first-order valence-electron chi connectivity index (χ1n) is 12.3. The van der Waals surface area contributed by atoms with Crippen molar-refractivity contribution in [3.63, 3.8) is 0 Å². The van der Waals surface area contributed by atoms with Crippen molar-refractivity contribution in [3.05, 3.63) is 0 Å². The van der Waals surface area contributed by atoms with Crippen LogP contribution in [0.2, 0.25) is 0 Å². The number of aliphatic hydroxyl groups is 4. The lowest BCUT2D eigenvalue weighted by molar-refractivity contribution is -0.317. The highest BCUT2D eigenvalue weighted by Gasteiger charge is 2.91. The first kappa shape index (κ1) is 22.2. The van der Waals surface area contributed by atoms with Crippen LogP contribution in [0.1, 0.15) is 32.6 Å². The Morgan fingerprint density at radius 2 is 1.84 bits per heavy atom. The highest BCUT2D eigenvalue weighted by molar-refractivity contribution is 5.41. The number of fused-ring (bicyclic) bond motifs is 2. The molecule has 1 aliphatic heterocycles. The van der Waals surface area contributed by atoms with Gasteiger partial charge in [-0.05, 0) is 31.7 Å². The molecule has 6 rings (SSSR count). The molecule has 0 unspecified atom stereocenters. The van der Waals surface area contributed by atoms with E-state index in [2.05, 4.69) is 11.8 Å². The average molecular weight is 454 g/mol. The summed E-state index contributed by atoms with van der Waals surface area (Å²) in [6.07, 6.45) is -0.0296. The Morgan fingerprint density at radius 3 is 2.47 bits per heavy atom. The van der Waals surface area contributed by atoms with Crippen LogP contribution >= 0.6 is 0 Å². The second-order valence-electron chi connectivity index (χ2n) is 11.7. The summed E-state index contributed by atoms with van der Waals surface area (Å²) < 4.78 is 17.7. The third-order valence-corrected chi connectivity index (χ3v) is 11.2. The van der Waals surface area contributed by atoms with Crippen molar-refractivity contribution >= 4 is 0 Å². The second-order valence-corrected chi connectivity index (χ2v) is 11.7. The van der Waals surface area contributed by atoms with Crippen molar-refractivity contribution in [2.45, 2.75) is 74.3 Å². The van der Waals surface area contributed by atoms with Crippen LogP contribution in [0, 0.1) is 34.5 Å². The normalized spacial score (nSPS) is 62.4. The van der Waals surface area contributed by atoms with E-state index in [-0.39, 0.29) is 35.7 Å². The summed E-state index contributed by atoms with van der Waals surface area (Å²) in [7, 11) is 4.95. The van der Waals surface area contributed by atoms with Gasteiger partial charge in [0.05, 0.1) is 37.1 Å². The molecule has 7 bridgehead atoms. The predicted molar refractivity (Wildman–Crippen MR) is 114 cm³/mol. The molecule has 0 aromatic carbocycles. The smallest absolute Gasteiger partial charge is 0.136 e. The first-order valence-corrected chi connectivity index (χ1v) is 12.3. The summed E-state index contributed by atoms with van der Waals surface area (Å²) in [5.74, 6) is -0.889. The van der Waals surface area contributed by atoms with Crippen molar-refractivity contribution in [1.82, 2.24) is 4.90 Å². The van der Waals surface area contributed by atoms with Crippen LogP contribution < -0.4 is 0 Å². The van der Waals surface area contributed by atoms with E-state index in [1.807, 2.05) is 0 Å². The van der Waals surface area contributed by atoms with Crippen LogP contribution in [-0.4, -0.2) is 108 Å². The minimum absolute atomic E-state index is 0.102. The molecule has 5 saturated carbocycles. The first-order chi connectivity index (χ1) is 15.2. The zero-order valence-corrected chi connectivity index (χ0v) is 19.6. The van der Waals surface area contributed by atoms with Gasteiger partial charge < -0.3 is 34.6 Å². The van der Waals surface area contributed by atoms with Crippen LogP contribution in [0.3, 0.4) is 0 Å². The van der Waals surface area contributed by atoms with E-state index in [0.717, 1.165) is 13.0 Å². The third-order valence-electron chi connectivity index (χ3n) is 11.2. The number of aliphatic hydroxyl groups excluding tert-OH is 2. The summed E-state index contributed by atoms with van der Waals surface area (Å²) in [5, 5.41) is 48.5. The van der Waals surface area contributed by atoms with E-state index in [1.165, 1.54) is 0 Å². The maximum atomic E-state index is 12.8. The lowest BCUT2D eigenvalue weighted by Gasteiger charge is -2.69. The van der Waals surface area contributed by atoms with Crippen molar-refractivity contribution in [3.8, 4) is 0 Å². The second kappa shape index (κ2) is 6.66. The molecule has 0 amide bonds. The molecule has 1 spiro atoms. The van der Waals surface area contributed by atoms with Gasteiger partial charge in [0, 0.05) is 62.9 Å². The van der Waals surface area contributed by atoms with E-state index in [1.54, 1.807) is 21.3 Å². The molecule has 0 aromatic heterocycles. The van der Waals surface area contributed by atoms with Gasteiger partial charge in [0.2, 0.25) is 0 Å². The molecular formula is C24H39NO7. The number of likely N-dealkylation sites (N-methyl/N-ethyl adjacent to an activating group) is 1. The molecular weight excluding hydrogens is 414 g/mol. The third kappa shape index (κ3) is 1.99. The fourth-order valence-electron chi connectivity index (χ4n) is 10.7. The zero-order valence-electron chi connectivity index (χ0n) is 19.6. The number of rotatable bonds is 5. The van der Waals surface area contributed by atoms with Crippen molar-refractivity contribution in [2.24, 2.45) is 34.5 Å². The summed E-state index contributed by atoms with van der Waals surface area (Å²) in [5.41, 5.74) is -4.15. The van der Waals surface area contributed by atoms with Gasteiger partial charge in [0.1, 0.15) is 11.2 Å². The van der Waals surface area contributed by atoms with Gasteiger partial charge in [-0.3, -0.25) is 4.90 Å². The van der Waals surface area contributed by atoms with Crippen molar-refractivity contribution < 1.29 is 34.6 Å². The number of piperidine rings is 1. The molecule has 1 saturated heterocycles. The summed E-state index contributed by atoms with van der Waals surface area (Å²) in [6.45, 7) is 4.05. The quantitative estimate of drug-likeness (QED) is 0.446. The fraction of sp³-hybridized carbons (Fsp3) is 1.00. The summed E-state index contributed by atoms with van der Waals surface area (Å²) in [4.78, 5) is 2.28. The van der Waals surface area contributed by atoms with Gasteiger partial charge >= 0.3 is 0 Å². The maximum Gasteiger partial charge on any atom is 0.136 e. The summed E-state index contributed by atoms with van der Waals surface area (Å²) in [6, 6.07) is -0.442. The van der Waals surface area contributed by atoms with Crippen LogP contribution in [-0.2, 0) is 14.2 Å². The van der Waals surface area contributed by atoms with Crippen molar-refractivity contribution in [1.29, 1.82) is 0 Å². The van der Waals surface area contributed by atoms with Gasteiger partial charge in [-0.2, -0.15) is 0 Å². The highest BCUT2D eigenvalue weighted by atomic mass is 16.5. The van der Waals surface area contributed by atoms with Crippen molar-refractivity contribution in [2.75, 3.05) is 41.0 Å². The molecule has 13 atom stereocenters. The number of ether oxygens (including phenoxy) is 3. The molecule has 5 aliphatic carbocycles. The van der Waals surface area contributed by atoms with Crippen LogP contribution in [0.5, 0.6) is 0 Å². The Hall–Kier alpha value is -0.320. The van der Waals surface area contributed by atoms with Gasteiger partial charge in [-0.15, -0.1) is 0 Å². The zero-order chi connectivity index (χ0) is 22.8. The average Bonchev–Trinajstić information content (AvgIpc) is 3.14. The molecule has 6 fully saturated rings. The Morgan fingerprint density at radius 1 is 1.09 bits per heavy atom. The molecule has 4 N–H and O–H groups in total. The van der Waals surface area contributed by atoms with Gasteiger partial charge in [0.25, 0.3) is 0 Å². The number of hydrogen-bond acceptors (Lipinski definition) is 8. The molecule has 6 aliphatic rings. The molecule has 8 nitrogen and oxygen atoms in total. The Labute approximate surface area is 189 Å². The van der Waals surface area contributed by atoms with E-state index in [9.17, 15) is 20.4 Å². The molecule has 0 radical (unpaired) electrons. The summed E-state index contributed by atoms with van der Waals surface area (Å²) >= 11 is 0. The minimum Gasteiger partial charge on any atom is -0.392 e. The van der Waals surface area contributed by atoms with Crippen LogP contribution in [0.4, 0.5) is 0 Å². The molecule has 1 heterocycles. The van der Waals surface area contributed by atoms with E-state index >= 15 is 0 Å². The Balaban J connectivity index is 1.67. The monoisotopic (exact) mass is 453 g/mol. The van der Waals surface area contributed by atoms with E-state index in [4.69, 9.17) is 14.2 Å². The topological polar surface area (TPSA) is 112 Å². The number of likely N-dealkylation sites (tertiary alicyclic amines) is 1. The molecule has 32 heavy (non-hydrogen) atoms. The number of methoxy groups -OCH3 is 3. The van der Waals surface area contributed by atoms with Gasteiger partial charge in [-0.25, -0.2) is 0 Å². The predicted octanol–water partition coefficient (Wildman–Crippen LogP) is -0.383.